The summed E-state index contributed by atoms with van der Waals surface area (Å²) in [6.45, 7) is 1.50. The lowest BCUT2D eigenvalue weighted by Gasteiger charge is -2.23. The fourth-order valence-corrected chi connectivity index (χ4v) is 4.02. The molecule has 0 bridgehead atoms. The van der Waals surface area contributed by atoms with Gasteiger partial charge >= 0.3 is 11.9 Å². The molecule has 0 saturated carbocycles. The third-order valence-electron chi connectivity index (χ3n) is 6.03. The number of imidazole rings is 1. The number of anilines is 1. The Morgan fingerprint density at radius 1 is 1.11 bits per heavy atom. The lowest BCUT2D eigenvalue weighted by Crippen LogP contribution is -2.46. The summed E-state index contributed by atoms with van der Waals surface area (Å²) in [5, 5.41) is 1.78. The van der Waals surface area contributed by atoms with Crippen molar-refractivity contribution in [3.8, 4) is 0 Å². The van der Waals surface area contributed by atoms with Crippen molar-refractivity contribution in [2.24, 2.45) is 7.05 Å². The van der Waals surface area contributed by atoms with E-state index < -0.39 is 23.3 Å². The summed E-state index contributed by atoms with van der Waals surface area (Å²) in [5.74, 6) is -0.215. The molecule has 5 rings (SSSR count). The highest BCUT2D eigenvalue weighted by Gasteiger charge is 2.31. The minimum absolute atomic E-state index is 0.146. The standard InChI is InChI=1S/C25H20F3N7O2/c1-14-10-16-11-15(5-8-19(16)32-21(14)29)23(36)34(13-18-7-6-17(12-31-18)25(26,27)28)35-22-20(4-3-9-30-22)33(2)24(35)37/h3-12H,13H2,1-2H3,(H2,29,32). The van der Waals surface area contributed by atoms with Gasteiger partial charge in [-0.15, -0.1) is 0 Å². The van der Waals surface area contributed by atoms with Gasteiger partial charge in [-0.1, -0.05) is 0 Å². The van der Waals surface area contributed by atoms with Crippen molar-refractivity contribution in [1.82, 2.24) is 24.2 Å². The van der Waals surface area contributed by atoms with Crippen LogP contribution in [0.1, 0.15) is 27.2 Å². The molecule has 1 amide bonds. The Morgan fingerprint density at radius 2 is 1.89 bits per heavy atom. The van der Waals surface area contributed by atoms with Crippen molar-refractivity contribution in [2.75, 3.05) is 10.7 Å². The van der Waals surface area contributed by atoms with Crippen LogP contribution in [-0.4, -0.2) is 30.1 Å². The summed E-state index contributed by atoms with van der Waals surface area (Å²) in [7, 11) is 1.54. The van der Waals surface area contributed by atoms with Crippen LogP contribution in [0.3, 0.4) is 0 Å². The van der Waals surface area contributed by atoms with Crippen LogP contribution in [0.4, 0.5) is 19.0 Å². The highest BCUT2D eigenvalue weighted by atomic mass is 19.4. The third-order valence-corrected chi connectivity index (χ3v) is 6.03. The molecule has 0 fully saturated rings. The van der Waals surface area contributed by atoms with Crippen molar-refractivity contribution in [1.29, 1.82) is 0 Å². The lowest BCUT2D eigenvalue weighted by atomic mass is 10.1. The molecule has 0 aliphatic carbocycles. The quantitative estimate of drug-likeness (QED) is 0.398. The number of amides is 1. The number of alkyl halides is 3. The zero-order valence-corrected chi connectivity index (χ0v) is 19.7. The van der Waals surface area contributed by atoms with Crippen LogP contribution in [-0.2, 0) is 19.8 Å². The Balaban J connectivity index is 1.64. The monoisotopic (exact) mass is 507 g/mol. The Morgan fingerprint density at radius 3 is 2.59 bits per heavy atom. The van der Waals surface area contributed by atoms with Crippen molar-refractivity contribution in [3.63, 3.8) is 0 Å². The lowest BCUT2D eigenvalue weighted by molar-refractivity contribution is -0.137. The van der Waals surface area contributed by atoms with Gasteiger partial charge in [-0.3, -0.25) is 14.3 Å². The van der Waals surface area contributed by atoms with Crippen LogP contribution in [0.5, 0.6) is 0 Å². The first kappa shape index (κ1) is 24.0. The second-order valence-corrected chi connectivity index (χ2v) is 8.50. The molecule has 1 aromatic carbocycles. The number of aromatic nitrogens is 5. The van der Waals surface area contributed by atoms with Gasteiger partial charge in [0, 0.05) is 30.4 Å². The van der Waals surface area contributed by atoms with Gasteiger partial charge < -0.3 is 5.73 Å². The fraction of sp³-hybridized carbons (Fsp3) is 0.160. The van der Waals surface area contributed by atoms with Gasteiger partial charge in [0.05, 0.1) is 28.8 Å². The Bertz CT molecular complexity index is 1720. The molecule has 37 heavy (non-hydrogen) atoms. The predicted molar refractivity (Wildman–Crippen MR) is 131 cm³/mol. The number of hydrogen-bond donors (Lipinski definition) is 1. The van der Waals surface area contributed by atoms with Crippen LogP contribution in [0.25, 0.3) is 22.1 Å². The number of halogens is 3. The Labute approximate surface area is 207 Å². The zero-order valence-electron chi connectivity index (χ0n) is 19.7. The molecular formula is C25H20F3N7O2. The van der Waals surface area contributed by atoms with Gasteiger partial charge in [0.2, 0.25) is 0 Å². The summed E-state index contributed by atoms with van der Waals surface area (Å²) in [5.41, 5.74) is 6.79. The highest BCUT2D eigenvalue weighted by Crippen LogP contribution is 2.28. The van der Waals surface area contributed by atoms with Gasteiger partial charge in [0.15, 0.2) is 5.65 Å². The van der Waals surface area contributed by atoms with E-state index in [1.165, 1.54) is 23.9 Å². The molecule has 5 aromatic rings. The van der Waals surface area contributed by atoms with E-state index >= 15 is 0 Å². The van der Waals surface area contributed by atoms with Crippen molar-refractivity contribution in [2.45, 2.75) is 19.6 Å². The molecule has 9 nitrogen and oxygen atoms in total. The summed E-state index contributed by atoms with van der Waals surface area (Å²) in [6.07, 6.45) is -2.39. The molecule has 0 saturated heterocycles. The van der Waals surface area contributed by atoms with E-state index in [-0.39, 0.29) is 23.4 Å². The van der Waals surface area contributed by atoms with Gasteiger partial charge in [-0.05, 0) is 61.0 Å². The van der Waals surface area contributed by atoms with E-state index in [0.717, 1.165) is 21.3 Å². The second kappa shape index (κ2) is 8.73. The molecule has 0 spiro atoms. The van der Waals surface area contributed by atoms with E-state index in [9.17, 15) is 22.8 Å². The molecule has 0 radical (unpaired) electrons. The number of nitrogens with two attached hydrogens (primary N) is 1. The normalized spacial score (nSPS) is 11.8. The second-order valence-electron chi connectivity index (χ2n) is 8.50. The minimum atomic E-state index is -4.56. The molecule has 4 heterocycles. The number of nitrogen functional groups attached to an aromatic ring is 1. The van der Waals surface area contributed by atoms with E-state index in [2.05, 4.69) is 15.0 Å². The molecule has 0 aliphatic rings. The number of nitrogens with zero attached hydrogens (tertiary/aromatic N) is 6. The summed E-state index contributed by atoms with van der Waals surface area (Å²) < 4.78 is 41.5. The molecule has 2 N–H and O–H groups in total. The van der Waals surface area contributed by atoms with Crippen LogP contribution in [0.15, 0.2) is 65.7 Å². The van der Waals surface area contributed by atoms with Crippen LogP contribution in [0, 0.1) is 6.92 Å². The third kappa shape index (κ3) is 4.26. The van der Waals surface area contributed by atoms with Gasteiger partial charge in [0.1, 0.15) is 5.82 Å². The summed E-state index contributed by atoms with van der Waals surface area (Å²) in [4.78, 5) is 39.6. The first-order valence-electron chi connectivity index (χ1n) is 11.1. The van der Waals surface area contributed by atoms with Crippen molar-refractivity contribution in [3.05, 3.63) is 93.8 Å². The van der Waals surface area contributed by atoms with E-state index in [1.54, 1.807) is 43.3 Å². The van der Waals surface area contributed by atoms with Crippen molar-refractivity contribution < 1.29 is 18.0 Å². The molecular weight excluding hydrogens is 487 g/mol. The number of carbonyl (C=O) groups is 1. The smallest absolute Gasteiger partial charge is 0.383 e. The van der Waals surface area contributed by atoms with Gasteiger partial charge in [0.25, 0.3) is 5.91 Å². The predicted octanol–water partition coefficient (Wildman–Crippen LogP) is 3.57. The number of carbonyl (C=O) groups excluding carboxylic acids is 1. The summed E-state index contributed by atoms with van der Waals surface area (Å²) >= 11 is 0. The average Bonchev–Trinajstić information content (AvgIpc) is 3.12. The maximum absolute atomic E-state index is 13.9. The molecule has 4 aromatic heterocycles. The molecule has 0 aliphatic heterocycles. The minimum Gasteiger partial charge on any atom is -0.383 e. The SMILES string of the molecule is Cc1cc2cc(C(=O)N(Cc3ccc(C(F)(F)F)cn3)n3c(=O)n(C)c4cccnc43)ccc2nc1N. The number of hydrogen-bond acceptors (Lipinski definition) is 6. The number of pyridine rings is 3. The largest absolute Gasteiger partial charge is 0.417 e. The number of rotatable bonds is 4. The van der Waals surface area contributed by atoms with Crippen LogP contribution in [0.2, 0.25) is 0 Å². The molecule has 0 unspecified atom stereocenters. The van der Waals surface area contributed by atoms with E-state index in [4.69, 9.17) is 5.73 Å². The number of benzene rings is 1. The number of aryl methyl sites for hydroxylation is 2. The maximum atomic E-state index is 13.9. The molecule has 188 valence electrons. The zero-order chi connectivity index (χ0) is 26.5. The topological polar surface area (TPSA) is 112 Å². The van der Waals surface area contributed by atoms with Crippen LogP contribution < -0.4 is 16.4 Å². The van der Waals surface area contributed by atoms with Crippen molar-refractivity contribution >= 4 is 33.8 Å². The first-order chi connectivity index (χ1) is 17.5. The van der Waals surface area contributed by atoms with E-state index in [0.29, 0.717) is 28.4 Å². The van der Waals surface area contributed by atoms with E-state index in [1.807, 2.05) is 0 Å². The molecule has 0 atom stereocenters. The fourth-order valence-electron chi connectivity index (χ4n) is 4.02. The molecule has 12 heteroatoms. The Kier molecular flexibility index (Phi) is 5.66. The van der Waals surface area contributed by atoms with Crippen LogP contribution >= 0.6 is 0 Å². The first-order valence-corrected chi connectivity index (χ1v) is 11.1. The average molecular weight is 507 g/mol. The number of fused-ring (bicyclic) bond motifs is 2. The summed E-state index contributed by atoms with van der Waals surface area (Å²) in [6, 6.07) is 12.0. The highest BCUT2D eigenvalue weighted by molar-refractivity contribution is 6.04. The maximum Gasteiger partial charge on any atom is 0.417 e. The van der Waals surface area contributed by atoms with Gasteiger partial charge in [-0.25, -0.2) is 19.8 Å². The Hall–Kier alpha value is -4.74. The van der Waals surface area contributed by atoms with Gasteiger partial charge in [-0.2, -0.15) is 17.8 Å².